The Balaban J connectivity index is 0.00000304. The molecule has 5 rings (SSSR count). The summed E-state index contributed by atoms with van der Waals surface area (Å²) in [4.78, 5) is 14.6. The van der Waals surface area contributed by atoms with Gasteiger partial charge in [0.2, 0.25) is 0 Å². The van der Waals surface area contributed by atoms with E-state index in [9.17, 15) is 23.1 Å². The lowest BCUT2D eigenvalue weighted by Gasteiger charge is -2.45. The second-order valence-corrected chi connectivity index (χ2v) is 9.05. The molecule has 2 aromatic carbocycles. The molecule has 1 N–H and O–H groups in total. The minimum Gasteiger partial charge on any atom is -0.496 e. The van der Waals surface area contributed by atoms with E-state index >= 15 is 0 Å². The van der Waals surface area contributed by atoms with Gasteiger partial charge in [-0.05, 0) is 42.5 Å². The molecule has 1 aromatic heterocycles. The van der Waals surface area contributed by atoms with Gasteiger partial charge in [-0.2, -0.15) is 13.2 Å². The average Bonchev–Trinajstić information content (AvgIpc) is 3.28. The zero-order chi connectivity index (χ0) is 25.0. The normalized spacial score (nSPS) is 16.5. The number of aromatic nitrogens is 1. The third-order valence-electron chi connectivity index (χ3n) is 6.67. The molecule has 0 radical (unpaired) electrons. The summed E-state index contributed by atoms with van der Waals surface area (Å²) in [6, 6.07) is 12.4. The minimum atomic E-state index is -4.64. The number of nitrogens with zero attached hydrogens (tertiary/aromatic N) is 2. The first-order valence-corrected chi connectivity index (χ1v) is 11.4. The maximum Gasteiger partial charge on any atom is 0.419 e. The van der Waals surface area contributed by atoms with Gasteiger partial charge in [0, 0.05) is 49.7 Å². The maximum absolute atomic E-state index is 13.4. The summed E-state index contributed by atoms with van der Waals surface area (Å²) in [7, 11) is 1.16. The minimum absolute atomic E-state index is 0. The van der Waals surface area contributed by atoms with Crippen LogP contribution in [0.5, 0.6) is 11.5 Å². The van der Waals surface area contributed by atoms with Crippen molar-refractivity contribution in [2.45, 2.75) is 31.2 Å². The number of carbonyl (C=O) groups excluding carboxylic acids is 1. The topological polar surface area (TPSA) is 63.9 Å². The molecule has 3 heterocycles. The molecule has 1 amide bonds. The maximum atomic E-state index is 13.4. The Hall–Kier alpha value is -3.17. The third kappa shape index (κ3) is 3.92. The molecule has 35 heavy (non-hydrogen) atoms. The van der Waals surface area contributed by atoms with Gasteiger partial charge in [0.15, 0.2) is 5.60 Å². The van der Waals surface area contributed by atoms with Crippen molar-refractivity contribution in [2.24, 2.45) is 0 Å². The predicted octanol–water partition coefficient (Wildman–Crippen LogP) is 5.42. The molecule has 0 atom stereocenters. The molecular formula is C25H24ClF3N2O4. The molecular weight excluding hydrogens is 485 g/mol. The molecule has 1 saturated heterocycles. The summed E-state index contributed by atoms with van der Waals surface area (Å²) in [5.74, 6) is -0.251. The van der Waals surface area contributed by atoms with E-state index < -0.39 is 23.2 Å². The fourth-order valence-corrected chi connectivity index (χ4v) is 5.10. The number of methoxy groups -OCH3 is 1. The van der Waals surface area contributed by atoms with E-state index in [-0.39, 0.29) is 32.4 Å². The van der Waals surface area contributed by atoms with E-state index in [0.29, 0.717) is 29.3 Å². The summed E-state index contributed by atoms with van der Waals surface area (Å²) in [5.41, 5.74) is 0.508. The molecule has 1 spiro atoms. The zero-order valence-corrected chi connectivity index (χ0v) is 19.5. The molecule has 2 aliphatic heterocycles. The van der Waals surface area contributed by atoms with Crippen molar-refractivity contribution in [1.29, 1.82) is 0 Å². The van der Waals surface area contributed by atoms with Crippen LogP contribution in [0.1, 0.15) is 41.6 Å². The van der Waals surface area contributed by atoms with Crippen LogP contribution in [0.3, 0.4) is 0 Å². The number of carbonyl (C=O) groups is 1. The zero-order valence-electron chi connectivity index (χ0n) is 18.7. The van der Waals surface area contributed by atoms with Crippen molar-refractivity contribution < 1.29 is 34.0 Å². The molecule has 3 aromatic rings. The van der Waals surface area contributed by atoms with E-state index in [4.69, 9.17) is 21.1 Å². The number of likely N-dealkylation sites (tertiary alicyclic amines) is 1. The Morgan fingerprint density at radius 2 is 1.91 bits per heavy atom. The van der Waals surface area contributed by atoms with Gasteiger partial charge in [0.1, 0.15) is 11.5 Å². The van der Waals surface area contributed by atoms with Gasteiger partial charge in [0.05, 0.1) is 30.7 Å². The molecule has 0 saturated carbocycles. The molecule has 0 bridgehead atoms. The summed E-state index contributed by atoms with van der Waals surface area (Å²) in [6.45, 7) is 0.394. The van der Waals surface area contributed by atoms with Crippen LogP contribution in [0.4, 0.5) is 13.2 Å². The molecule has 2 aliphatic rings. The van der Waals surface area contributed by atoms with Crippen molar-refractivity contribution >= 4 is 17.5 Å². The number of aliphatic hydroxyl groups is 1. The Kier molecular flexibility index (Phi) is 5.72. The fourth-order valence-electron chi connectivity index (χ4n) is 4.93. The number of fused-ring (bicyclic) bond motifs is 4. The smallest absolute Gasteiger partial charge is 0.419 e. The van der Waals surface area contributed by atoms with Crippen LogP contribution in [0.25, 0.3) is 5.69 Å². The van der Waals surface area contributed by atoms with Crippen LogP contribution in [0.15, 0.2) is 48.5 Å². The van der Waals surface area contributed by atoms with Gasteiger partial charge in [-0.3, -0.25) is 4.79 Å². The number of amides is 1. The number of piperidine rings is 1. The molecule has 186 valence electrons. The number of hydrogen-bond donors (Lipinski definition) is 1. The lowest BCUT2D eigenvalue weighted by atomic mass is 9.86. The number of halogens is 4. The molecule has 1 fully saturated rings. The first-order chi connectivity index (χ1) is 16.7. The van der Waals surface area contributed by atoms with Gasteiger partial charge in [-0.15, -0.1) is 0 Å². The van der Waals surface area contributed by atoms with Crippen molar-refractivity contribution in [2.75, 3.05) is 20.2 Å². The monoisotopic (exact) mass is 508 g/mol. The van der Waals surface area contributed by atoms with Crippen LogP contribution >= 0.6 is 11.6 Å². The van der Waals surface area contributed by atoms with Crippen LogP contribution in [-0.4, -0.2) is 40.7 Å². The van der Waals surface area contributed by atoms with E-state index in [1.54, 1.807) is 12.1 Å². The summed E-state index contributed by atoms with van der Waals surface area (Å²) >= 11 is 6.20. The van der Waals surface area contributed by atoms with Crippen LogP contribution in [-0.2, 0) is 18.4 Å². The van der Waals surface area contributed by atoms with Crippen molar-refractivity contribution in [3.63, 3.8) is 0 Å². The first-order valence-electron chi connectivity index (χ1n) is 11.0. The van der Waals surface area contributed by atoms with Crippen LogP contribution in [0, 0.1) is 0 Å². The van der Waals surface area contributed by atoms with Gasteiger partial charge >= 0.3 is 6.18 Å². The highest BCUT2D eigenvalue weighted by atomic mass is 35.5. The van der Waals surface area contributed by atoms with Crippen LogP contribution in [0.2, 0.25) is 5.02 Å². The Labute approximate surface area is 205 Å². The largest absolute Gasteiger partial charge is 0.496 e. The Bertz CT molecular complexity index is 1300. The number of hydrogen-bond acceptors (Lipinski definition) is 4. The lowest BCUT2D eigenvalue weighted by molar-refractivity contribution is -0.138. The number of benzene rings is 2. The molecule has 6 nitrogen and oxygen atoms in total. The third-order valence-corrected chi connectivity index (χ3v) is 6.90. The van der Waals surface area contributed by atoms with Crippen molar-refractivity contribution in [3.8, 4) is 17.2 Å². The Morgan fingerprint density at radius 3 is 2.57 bits per heavy atom. The van der Waals surface area contributed by atoms with Gasteiger partial charge < -0.3 is 24.0 Å². The van der Waals surface area contributed by atoms with E-state index in [0.717, 1.165) is 30.6 Å². The van der Waals surface area contributed by atoms with Gasteiger partial charge in [0.25, 0.3) is 5.91 Å². The first kappa shape index (κ1) is 23.6. The van der Waals surface area contributed by atoms with E-state index in [2.05, 4.69) is 0 Å². The number of alkyl halides is 3. The average molecular weight is 509 g/mol. The molecule has 0 unspecified atom stereocenters. The van der Waals surface area contributed by atoms with Crippen LogP contribution < -0.4 is 9.47 Å². The van der Waals surface area contributed by atoms with Gasteiger partial charge in [-0.1, -0.05) is 11.6 Å². The molecule has 0 aliphatic carbocycles. The second kappa shape index (κ2) is 8.49. The lowest BCUT2D eigenvalue weighted by Crippen LogP contribution is -2.50. The molecule has 10 heteroatoms. The van der Waals surface area contributed by atoms with Crippen molar-refractivity contribution in [3.05, 3.63) is 76.1 Å². The second-order valence-electron chi connectivity index (χ2n) is 8.62. The summed E-state index contributed by atoms with van der Waals surface area (Å²) in [6.07, 6.45) is -3.81. The fraction of sp³-hybridized carbons (Fsp3) is 0.320. The summed E-state index contributed by atoms with van der Waals surface area (Å²) in [5, 5.41) is 10.4. The SMILES string of the molecule is COc1ccc(C(=O)N2CCC3(CC2)Oc2cc(Cl)ccc2-n2c(CO)ccc23)cc1C(F)(F)F.[HH]. The highest BCUT2D eigenvalue weighted by molar-refractivity contribution is 6.30. The van der Waals surface area contributed by atoms with E-state index in [1.807, 2.05) is 22.8 Å². The van der Waals surface area contributed by atoms with Crippen molar-refractivity contribution in [1.82, 2.24) is 9.47 Å². The predicted molar refractivity (Wildman–Crippen MR) is 124 cm³/mol. The quantitative estimate of drug-likeness (QED) is 0.513. The number of rotatable bonds is 3. The summed E-state index contributed by atoms with van der Waals surface area (Å²) < 4.78 is 53.5. The van der Waals surface area contributed by atoms with E-state index in [1.165, 1.54) is 11.0 Å². The number of aliphatic hydroxyl groups excluding tert-OH is 1. The Morgan fingerprint density at radius 1 is 1.17 bits per heavy atom. The highest BCUT2D eigenvalue weighted by Crippen LogP contribution is 2.47. The number of ether oxygens (including phenoxy) is 2. The highest BCUT2D eigenvalue weighted by Gasteiger charge is 2.45. The standard InChI is InChI=1S/C25H22ClF3N2O4.H2/c1-34-20-6-2-15(12-18(20)25(27,28)29)23(33)30-10-8-24(9-11-30)22-7-4-17(14-32)31(22)19-5-3-16(26)13-21(19)35-24;/h2-7,12-13,32H,8-11,14H2,1H3;1H. The van der Waals surface area contributed by atoms with Gasteiger partial charge in [-0.25, -0.2) is 0 Å².